The topological polar surface area (TPSA) is 52.2 Å². The van der Waals surface area contributed by atoms with Crippen molar-refractivity contribution < 1.29 is 4.79 Å². The highest BCUT2D eigenvalue weighted by atomic mass is 32.1. The summed E-state index contributed by atoms with van der Waals surface area (Å²) < 4.78 is 5.06. The Labute approximate surface area is 145 Å². The first-order valence-corrected chi connectivity index (χ1v) is 9.00. The number of carbonyl (C=O) groups is 1. The van der Waals surface area contributed by atoms with E-state index in [0.29, 0.717) is 5.69 Å². The van der Waals surface area contributed by atoms with Gasteiger partial charge < -0.3 is 4.57 Å². The second kappa shape index (κ2) is 6.36. The maximum absolute atomic E-state index is 12.5. The van der Waals surface area contributed by atoms with Crippen molar-refractivity contribution in [3.63, 3.8) is 0 Å². The highest BCUT2D eigenvalue weighted by Gasteiger charge is 2.13. The molecule has 3 rings (SSSR count). The van der Waals surface area contributed by atoms with Crippen molar-refractivity contribution >= 4 is 27.5 Å². The van der Waals surface area contributed by atoms with Crippen LogP contribution in [0.2, 0.25) is 0 Å². The lowest BCUT2D eigenvalue weighted by Crippen LogP contribution is -2.16. The molecule has 0 saturated carbocycles. The van der Waals surface area contributed by atoms with Crippen LogP contribution in [0.5, 0.6) is 0 Å². The Hall–Kier alpha value is -2.21. The Morgan fingerprint density at radius 2 is 1.83 bits per heavy atom. The summed E-state index contributed by atoms with van der Waals surface area (Å²) in [6.45, 7) is 11.8. The third kappa shape index (κ3) is 2.82. The second-order valence-corrected chi connectivity index (χ2v) is 6.95. The fourth-order valence-electron chi connectivity index (χ4n) is 2.79. The highest BCUT2D eigenvalue weighted by Crippen LogP contribution is 2.22. The van der Waals surface area contributed by atoms with E-state index in [9.17, 15) is 4.79 Å². The van der Waals surface area contributed by atoms with E-state index in [1.807, 2.05) is 18.5 Å². The molecule has 0 aliphatic rings. The van der Waals surface area contributed by atoms with Gasteiger partial charge in [-0.3, -0.25) is 9.48 Å². The van der Waals surface area contributed by atoms with E-state index >= 15 is 0 Å². The minimum Gasteiger partial charge on any atom is -0.317 e. The van der Waals surface area contributed by atoms with Gasteiger partial charge in [0.05, 0.1) is 10.2 Å². The van der Waals surface area contributed by atoms with Crippen molar-refractivity contribution in [1.29, 1.82) is 0 Å². The fourth-order valence-corrected chi connectivity index (χ4v) is 3.96. The predicted octanol–water partition coefficient (Wildman–Crippen LogP) is 3.61. The van der Waals surface area contributed by atoms with Gasteiger partial charge >= 0.3 is 0 Å². The lowest BCUT2D eigenvalue weighted by Gasteiger charge is -2.03. The minimum absolute atomic E-state index is 0.285. The van der Waals surface area contributed by atoms with Gasteiger partial charge in [-0.15, -0.1) is 0 Å². The van der Waals surface area contributed by atoms with Crippen molar-refractivity contribution in [2.45, 2.75) is 47.7 Å². The van der Waals surface area contributed by atoms with Gasteiger partial charge in [0, 0.05) is 18.8 Å². The molecule has 0 radical (unpaired) electrons. The van der Waals surface area contributed by atoms with Crippen molar-refractivity contribution in [1.82, 2.24) is 14.3 Å². The molecule has 3 aromatic rings. The van der Waals surface area contributed by atoms with Crippen LogP contribution in [0, 0.1) is 20.8 Å². The van der Waals surface area contributed by atoms with E-state index in [0.717, 1.165) is 33.8 Å². The third-order valence-corrected chi connectivity index (χ3v) is 5.35. The number of thiazole rings is 1. The molecular weight excluding hydrogens is 320 g/mol. The molecule has 2 aromatic heterocycles. The van der Waals surface area contributed by atoms with Gasteiger partial charge in [-0.1, -0.05) is 11.3 Å². The van der Waals surface area contributed by atoms with Gasteiger partial charge in [-0.2, -0.15) is 10.1 Å². The summed E-state index contributed by atoms with van der Waals surface area (Å²) in [6.07, 6.45) is 0. The summed E-state index contributed by atoms with van der Waals surface area (Å²) in [4.78, 5) is 17.6. The Kier molecular flexibility index (Phi) is 4.41. The molecule has 126 valence electrons. The molecular formula is C18H22N4OS. The summed E-state index contributed by atoms with van der Waals surface area (Å²) in [7, 11) is 0. The molecule has 0 spiro atoms. The van der Waals surface area contributed by atoms with Crippen molar-refractivity contribution in [3.8, 4) is 0 Å². The number of hydrogen-bond donors (Lipinski definition) is 0. The highest BCUT2D eigenvalue weighted by molar-refractivity contribution is 7.16. The van der Waals surface area contributed by atoms with Crippen LogP contribution >= 0.6 is 11.3 Å². The number of benzene rings is 1. The Balaban J connectivity index is 2.13. The summed E-state index contributed by atoms with van der Waals surface area (Å²) in [6, 6.07) is 6.14. The number of carbonyl (C=O) groups excluding carboxylic acids is 1. The number of nitrogens with zero attached hydrogens (tertiary/aromatic N) is 4. The van der Waals surface area contributed by atoms with Crippen molar-refractivity contribution in [2.75, 3.05) is 0 Å². The van der Waals surface area contributed by atoms with Gasteiger partial charge in [0.25, 0.3) is 5.91 Å². The van der Waals surface area contributed by atoms with Gasteiger partial charge in [0.1, 0.15) is 0 Å². The molecule has 0 aliphatic heterocycles. The molecule has 2 heterocycles. The van der Waals surface area contributed by atoms with Gasteiger partial charge in [0.15, 0.2) is 10.5 Å². The summed E-state index contributed by atoms with van der Waals surface area (Å²) in [5.41, 5.74) is 5.01. The normalized spacial score (nSPS) is 12.3. The Bertz CT molecular complexity index is 991. The Morgan fingerprint density at radius 3 is 2.46 bits per heavy atom. The van der Waals surface area contributed by atoms with E-state index in [-0.39, 0.29) is 5.91 Å². The van der Waals surface area contributed by atoms with Crippen LogP contribution in [0.15, 0.2) is 23.2 Å². The summed E-state index contributed by atoms with van der Waals surface area (Å²) in [5.74, 6) is -0.285. The molecule has 0 atom stereocenters. The zero-order chi connectivity index (χ0) is 17.4. The predicted molar refractivity (Wildman–Crippen MR) is 97.5 cm³/mol. The largest absolute Gasteiger partial charge is 0.317 e. The molecule has 5 nitrogen and oxygen atoms in total. The lowest BCUT2D eigenvalue weighted by molar-refractivity contribution is 0.0992. The Morgan fingerprint density at radius 1 is 1.12 bits per heavy atom. The van der Waals surface area contributed by atoms with Crippen LogP contribution < -0.4 is 4.80 Å². The molecule has 0 aliphatic carbocycles. The van der Waals surface area contributed by atoms with E-state index in [4.69, 9.17) is 0 Å². The molecule has 6 heteroatoms. The zero-order valence-electron chi connectivity index (χ0n) is 14.8. The maximum atomic E-state index is 12.5. The molecule has 0 bridgehead atoms. The van der Waals surface area contributed by atoms with E-state index in [1.54, 1.807) is 17.4 Å². The van der Waals surface area contributed by atoms with Crippen LogP contribution in [-0.2, 0) is 13.1 Å². The lowest BCUT2D eigenvalue weighted by atomic mass is 10.1. The number of fused-ring (bicyclic) bond motifs is 1. The first-order chi connectivity index (χ1) is 11.4. The zero-order valence-corrected chi connectivity index (χ0v) is 15.6. The first kappa shape index (κ1) is 16.6. The SMILES string of the molecule is CCn1nc(C(=O)N=c2sc3cc(C)c(C)cc3n2CC)cc1C. The molecule has 0 saturated heterocycles. The van der Waals surface area contributed by atoms with Crippen LogP contribution in [0.3, 0.4) is 0 Å². The monoisotopic (exact) mass is 342 g/mol. The van der Waals surface area contributed by atoms with Gasteiger partial charge in [-0.05, 0) is 63.9 Å². The maximum Gasteiger partial charge on any atom is 0.300 e. The van der Waals surface area contributed by atoms with Crippen LogP contribution in [0.4, 0.5) is 0 Å². The molecule has 0 fully saturated rings. The van der Waals surface area contributed by atoms with Gasteiger partial charge in [-0.25, -0.2) is 0 Å². The van der Waals surface area contributed by atoms with E-state index in [2.05, 4.69) is 47.6 Å². The standard InChI is InChI=1S/C18H22N4OS/c1-6-21-15-8-11(3)12(4)9-16(15)24-18(21)19-17(23)14-10-13(5)22(7-2)20-14/h8-10H,6-7H2,1-5H3. The second-order valence-electron chi connectivity index (χ2n) is 5.94. The van der Waals surface area contributed by atoms with Crippen LogP contribution in [0.25, 0.3) is 10.2 Å². The van der Waals surface area contributed by atoms with E-state index in [1.165, 1.54) is 11.1 Å². The van der Waals surface area contributed by atoms with Crippen molar-refractivity contribution in [2.24, 2.45) is 4.99 Å². The minimum atomic E-state index is -0.285. The number of aryl methyl sites for hydroxylation is 5. The average molecular weight is 342 g/mol. The summed E-state index contributed by atoms with van der Waals surface area (Å²) in [5, 5.41) is 4.33. The smallest absolute Gasteiger partial charge is 0.300 e. The molecule has 24 heavy (non-hydrogen) atoms. The summed E-state index contributed by atoms with van der Waals surface area (Å²) >= 11 is 1.55. The van der Waals surface area contributed by atoms with Crippen LogP contribution in [-0.4, -0.2) is 20.3 Å². The van der Waals surface area contributed by atoms with Gasteiger partial charge in [0.2, 0.25) is 0 Å². The number of rotatable bonds is 3. The molecule has 0 N–H and O–H groups in total. The molecule has 1 amide bonds. The quantitative estimate of drug-likeness (QED) is 0.730. The first-order valence-electron chi connectivity index (χ1n) is 8.18. The van der Waals surface area contributed by atoms with E-state index < -0.39 is 0 Å². The number of hydrogen-bond acceptors (Lipinski definition) is 3. The third-order valence-electron chi connectivity index (χ3n) is 4.31. The van der Waals surface area contributed by atoms with Crippen LogP contribution in [0.1, 0.15) is 41.2 Å². The fraction of sp³-hybridized carbons (Fsp3) is 0.389. The average Bonchev–Trinajstić information content (AvgIpc) is 3.07. The number of amides is 1. The van der Waals surface area contributed by atoms with Crippen molar-refractivity contribution in [3.05, 3.63) is 45.5 Å². The molecule has 1 aromatic carbocycles. The number of aromatic nitrogens is 3. The molecule has 0 unspecified atom stereocenters.